The van der Waals surface area contributed by atoms with E-state index in [4.69, 9.17) is 20.9 Å². The molecule has 0 saturated heterocycles. The second kappa shape index (κ2) is 7.48. The first-order valence-electron chi connectivity index (χ1n) is 8.94. The van der Waals surface area contributed by atoms with Crippen LogP contribution in [0.5, 0.6) is 5.75 Å². The van der Waals surface area contributed by atoms with Gasteiger partial charge in [-0.15, -0.1) is 0 Å². The number of halogens is 1. The van der Waals surface area contributed by atoms with Gasteiger partial charge in [0.2, 0.25) is 5.82 Å². The standard InChI is InChI=1S/C21H19ClN4O2/c1-4-27-18-8-7-14(10-17(18)22)19-16(11-23-25-19)21-24-20(26-28-21)15-6-5-12(2)13(3)9-15/h5-11H,4H2,1-3H3,(H,23,25). The normalized spacial score (nSPS) is 11.0. The summed E-state index contributed by atoms with van der Waals surface area (Å²) < 4.78 is 11.0. The van der Waals surface area contributed by atoms with Crippen LogP contribution in [0.15, 0.2) is 47.1 Å². The maximum Gasteiger partial charge on any atom is 0.262 e. The molecule has 4 rings (SSSR count). The van der Waals surface area contributed by atoms with Crippen molar-refractivity contribution in [2.45, 2.75) is 20.8 Å². The molecule has 0 bridgehead atoms. The fourth-order valence-corrected chi connectivity index (χ4v) is 3.16. The lowest BCUT2D eigenvalue weighted by Crippen LogP contribution is -1.92. The highest BCUT2D eigenvalue weighted by Crippen LogP contribution is 2.34. The Morgan fingerprint density at radius 3 is 2.64 bits per heavy atom. The molecule has 2 aromatic carbocycles. The summed E-state index contributed by atoms with van der Waals surface area (Å²) in [7, 11) is 0. The third-order valence-electron chi connectivity index (χ3n) is 4.58. The summed E-state index contributed by atoms with van der Waals surface area (Å²) in [6, 6.07) is 11.6. The minimum Gasteiger partial charge on any atom is -0.492 e. The number of aromatic amines is 1. The second-order valence-electron chi connectivity index (χ2n) is 6.46. The average Bonchev–Trinajstić information content (AvgIpc) is 3.35. The molecule has 0 atom stereocenters. The highest BCUT2D eigenvalue weighted by molar-refractivity contribution is 6.32. The van der Waals surface area contributed by atoms with E-state index >= 15 is 0 Å². The Morgan fingerprint density at radius 2 is 1.89 bits per heavy atom. The van der Waals surface area contributed by atoms with Gasteiger partial charge in [-0.1, -0.05) is 28.9 Å². The smallest absolute Gasteiger partial charge is 0.262 e. The third-order valence-corrected chi connectivity index (χ3v) is 4.88. The number of benzene rings is 2. The van der Waals surface area contributed by atoms with Gasteiger partial charge in [0, 0.05) is 11.1 Å². The molecule has 2 aromatic heterocycles. The number of hydrogen-bond acceptors (Lipinski definition) is 5. The van der Waals surface area contributed by atoms with Crippen molar-refractivity contribution in [1.29, 1.82) is 0 Å². The Hall–Kier alpha value is -3.12. The molecule has 2 heterocycles. The van der Waals surface area contributed by atoms with E-state index in [2.05, 4.69) is 34.2 Å². The van der Waals surface area contributed by atoms with Gasteiger partial charge in [-0.3, -0.25) is 5.10 Å². The number of H-pyrrole nitrogens is 1. The lowest BCUT2D eigenvalue weighted by atomic mass is 10.1. The van der Waals surface area contributed by atoms with Crippen molar-refractivity contribution < 1.29 is 9.26 Å². The van der Waals surface area contributed by atoms with Gasteiger partial charge in [-0.25, -0.2) is 0 Å². The molecule has 0 amide bonds. The zero-order valence-electron chi connectivity index (χ0n) is 15.8. The molecule has 4 aromatic rings. The summed E-state index contributed by atoms with van der Waals surface area (Å²) in [5.74, 6) is 1.57. The van der Waals surface area contributed by atoms with Crippen LogP contribution in [-0.4, -0.2) is 26.9 Å². The van der Waals surface area contributed by atoms with Crippen LogP contribution in [0.25, 0.3) is 34.1 Å². The summed E-state index contributed by atoms with van der Waals surface area (Å²) in [6.45, 7) is 6.60. The first kappa shape index (κ1) is 18.3. The Morgan fingerprint density at radius 1 is 1.07 bits per heavy atom. The van der Waals surface area contributed by atoms with Crippen LogP contribution in [0.3, 0.4) is 0 Å². The number of nitrogens with one attached hydrogen (secondary N) is 1. The molecule has 28 heavy (non-hydrogen) atoms. The SMILES string of the molecule is CCOc1ccc(-c2[nH]ncc2-c2nc(-c3ccc(C)c(C)c3)no2)cc1Cl. The molecule has 142 valence electrons. The predicted molar refractivity (Wildman–Crippen MR) is 108 cm³/mol. The first-order chi connectivity index (χ1) is 13.6. The summed E-state index contributed by atoms with van der Waals surface area (Å²) in [4.78, 5) is 4.55. The van der Waals surface area contributed by atoms with Crippen LogP contribution < -0.4 is 4.74 Å². The van der Waals surface area contributed by atoms with Crippen LogP contribution in [0.4, 0.5) is 0 Å². The fraction of sp³-hybridized carbons (Fsp3) is 0.190. The van der Waals surface area contributed by atoms with Gasteiger partial charge < -0.3 is 9.26 Å². The molecule has 1 N–H and O–H groups in total. The van der Waals surface area contributed by atoms with Crippen molar-refractivity contribution in [3.05, 3.63) is 58.7 Å². The lowest BCUT2D eigenvalue weighted by Gasteiger charge is -2.07. The maximum absolute atomic E-state index is 6.32. The van der Waals surface area contributed by atoms with E-state index in [1.807, 2.05) is 43.3 Å². The third kappa shape index (κ3) is 3.39. The largest absolute Gasteiger partial charge is 0.492 e. The van der Waals surface area contributed by atoms with Crippen molar-refractivity contribution in [2.24, 2.45) is 0 Å². The van der Waals surface area contributed by atoms with E-state index in [1.54, 1.807) is 6.20 Å². The minimum absolute atomic E-state index is 0.391. The molecule has 0 aliphatic heterocycles. The molecule has 0 spiro atoms. The number of nitrogens with zero attached hydrogens (tertiary/aromatic N) is 3. The summed E-state index contributed by atoms with van der Waals surface area (Å²) >= 11 is 6.32. The molecule has 7 heteroatoms. The minimum atomic E-state index is 0.391. The van der Waals surface area contributed by atoms with Crippen molar-refractivity contribution >= 4 is 11.6 Å². The van der Waals surface area contributed by atoms with E-state index in [-0.39, 0.29) is 0 Å². The Balaban J connectivity index is 1.69. The van der Waals surface area contributed by atoms with Crippen LogP contribution in [0.1, 0.15) is 18.1 Å². The molecule has 0 unspecified atom stereocenters. The summed E-state index contributed by atoms with van der Waals surface area (Å²) in [5.41, 5.74) is 5.62. The molecule has 0 aliphatic carbocycles. The van der Waals surface area contributed by atoms with Crippen LogP contribution >= 0.6 is 11.6 Å². The highest BCUT2D eigenvalue weighted by atomic mass is 35.5. The first-order valence-corrected chi connectivity index (χ1v) is 9.32. The number of ether oxygens (including phenoxy) is 1. The van der Waals surface area contributed by atoms with Gasteiger partial charge in [-0.2, -0.15) is 10.1 Å². The Bertz CT molecular complexity index is 1130. The van der Waals surface area contributed by atoms with Crippen molar-refractivity contribution in [3.63, 3.8) is 0 Å². The van der Waals surface area contributed by atoms with Crippen molar-refractivity contribution in [3.8, 4) is 39.8 Å². The average molecular weight is 395 g/mol. The molecular formula is C21H19ClN4O2. The monoisotopic (exact) mass is 394 g/mol. The Kier molecular flexibility index (Phi) is 4.88. The van der Waals surface area contributed by atoms with E-state index < -0.39 is 0 Å². The lowest BCUT2D eigenvalue weighted by molar-refractivity contribution is 0.340. The molecule has 0 fully saturated rings. The van der Waals surface area contributed by atoms with Crippen LogP contribution in [0.2, 0.25) is 5.02 Å². The van der Waals surface area contributed by atoms with Gasteiger partial charge in [0.1, 0.15) is 5.75 Å². The van der Waals surface area contributed by atoms with E-state index in [0.717, 1.165) is 16.8 Å². The van der Waals surface area contributed by atoms with Crippen molar-refractivity contribution in [1.82, 2.24) is 20.3 Å². The summed E-state index contributed by atoms with van der Waals surface area (Å²) in [5, 5.41) is 11.8. The Labute approximate surface area is 167 Å². The van der Waals surface area contributed by atoms with E-state index in [9.17, 15) is 0 Å². The van der Waals surface area contributed by atoms with Gasteiger partial charge in [-0.05, 0) is 56.2 Å². The summed E-state index contributed by atoms with van der Waals surface area (Å²) in [6.07, 6.45) is 1.66. The molecule has 0 aliphatic rings. The van der Waals surface area contributed by atoms with Gasteiger partial charge in [0.15, 0.2) is 0 Å². The van der Waals surface area contributed by atoms with Gasteiger partial charge in [0.25, 0.3) is 5.89 Å². The number of aromatic nitrogens is 4. The highest BCUT2D eigenvalue weighted by Gasteiger charge is 2.18. The topological polar surface area (TPSA) is 76.8 Å². The quantitative estimate of drug-likeness (QED) is 0.486. The molecular weight excluding hydrogens is 376 g/mol. The van der Waals surface area contributed by atoms with Gasteiger partial charge >= 0.3 is 0 Å². The molecule has 6 nitrogen and oxygen atoms in total. The maximum atomic E-state index is 6.32. The van der Waals surface area contributed by atoms with Gasteiger partial charge in [0.05, 0.1) is 29.1 Å². The fourth-order valence-electron chi connectivity index (χ4n) is 2.93. The van der Waals surface area contributed by atoms with Crippen LogP contribution in [0, 0.1) is 13.8 Å². The van der Waals surface area contributed by atoms with E-state index in [0.29, 0.717) is 34.7 Å². The molecule has 0 saturated carbocycles. The predicted octanol–water partition coefficient (Wildman–Crippen LogP) is 5.46. The zero-order valence-corrected chi connectivity index (χ0v) is 16.5. The number of hydrogen-bond donors (Lipinski definition) is 1. The number of aryl methyl sites for hydroxylation is 2. The zero-order chi connectivity index (χ0) is 19.7. The van der Waals surface area contributed by atoms with Crippen molar-refractivity contribution in [2.75, 3.05) is 6.61 Å². The van der Waals surface area contributed by atoms with E-state index in [1.165, 1.54) is 11.1 Å². The van der Waals surface area contributed by atoms with Crippen LogP contribution in [-0.2, 0) is 0 Å². The second-order valence-corrected chi connectivity index (χ2v) is 6.87. The number of rotatable bonds is 5. The molecule has 0 radical (unpaired) electrons.